The largest absolute Gasteiger partial charge is 0.496 e. The molecule has 0 saturated carbocycles. The van der Waals surface area contributed by atoms with E-state index in [0.717, 1.165) is 36.0 Å². The smallest absolute Gasteiger partial charge is 0.347 e. The van der Waals surface area contributed by atoms with E-state index < -0.39 is 17.7 Å². The number of ether oxygens (including phenoxy) is 3. The van der Waals surface area contributed by atoms with Crippen molar-refractivity contribution in [3.05, 3.63) is 89.0 Å². The minimum atomic E-state index is -1.32. The molecule has 0 aliphatic heterocycles. The lowest BCUT2D eigenvalue weighted by molar-refractivity contribution is -0.152. The van der Waals surface area contributed by atoms with Crippen molar-refractivity contribution in [1.29, 1.82) is 0 Å². The molecule has 0 aromatic heterocycles. The van der Waals surface area contributed by atoms with Gasteiger partial charge in [-0.2, -0.15) is 0 Å². The molecule has 2 N–H and O–H groups in total. The topological polar surface area (TPSA) is 85.2 Å². The normalized spacial score (nSPS) is 13.0. The van der Waals surface area contributed by atoms with Crippen LogP contribution in [0.1, 0.15) is 55.0 Å². The maximum atomic E-state index is 11.5. The third-order valence-corrected chi connectivity index (χ3v) is 6.76. The van der Waals surface area contributed by atoms with Gasteiger partial charge in [-0.05, 0) is 93.3 Å². The minimum Gasteiger partial charge on any atom is -0.496 e. The molecule has 37 heavy (non-hydrogen) atoms. The van der Waals surface area contributed by atoms with Gasteiger partial charge in [0, 0.05) is 5.56 Å². The predicted molar refractivity (Wildman–Crippen MR) is 145 cm³/mol. The van der Waals surface area contributed by atoms with Crippen LogP contribution in [0.15, 0.2) is 66.7 Å². The number of rotatable bonds is 13. The molecule has 3 aromatic carbocycles. The van der Waals surface area contributed by atoms with E-state index in [1.165, 1.54) is 19.4 Å². The zero-order valence-corrected chi connectivity index (χ0v) is 22.4. The van der Waals surface area contributed by atoms with Gasteiger partial charge in [0.1, 0.15) is 17.2 Å². The first-order valence-corrected chi connectivity index (χ1v) is 12.6. The molecule has 0 spiro atoms. The molecule has 0 fully saturated rings. The molecule has 0 radical (unpaired) electrons. The first-order chi connectivity index (χ1) is 17.6. The number of methoxy groups -OCH3 is 2. The van der Waals surface area contributed by atoms with Crippen molar-refractivity contribution in [2.45, 2.75) is 58.2 Å². The summed E-state index contributed by atoms with van der Waals surface area (Å²) in [5, 5.41) is 20.9. The predicted octanol–water partition coefficient (Wildman–Crippen LogP) is 6.17. The van der Waals surface area contributed by atoms with Crippen LogP contribution in [-0.2, 0) is 17.6 Å². The molecular formula is C31H38O6. The average molecular weight is 507 g/mol. The van der Waals surface area contributed by atoms with Gasteiger partial charge in [-0.25, -0.2) is 4.79 Å². The van der Waals surface area contributed by atoms with E-state index in [0.29, 0.717) is 23.7 Å². The van der Waals surface area contributed by atoms with Crippen LogP contribution < -0.4 is 14.2 Å². The lowest BCUT2D eigenvalue weighted by Gasteiger charge is -2.25. The SMILES string of the molecule is COc1cc(C(O)C(CCCc2ccccc2)Cc2ccc(OC(C)(C)C(=O)O)cc2)cc(OC)c1C. The standard InChI is InChI=1S/C31H38O6/c1-21-27(35-4)19-25(20-28(21)36-5)29(32)24(13-9-12-22-10-7-6-8-11-22)18-23-14-16-26(17-15-23)37-31(2,3)30(33)34/h6-8,10-11,14-17,19-20,24,29,32H,9,12-13,18H2,1-5H3,(H,33,34). The zero-order valence-electron chi connectivity index (χ0n) is 22.4. The Bertz CT molecular complexity index is 1130. The van der Waals surface area contributed by atoms with E-state index in [-0.39, 0.29) is 5.92 Å². The van der Waals surface area contributed by atoms with E-state index in [1.807, 2.05) is 49.4 Å². The van der Waals surface area contributed by atoms with E-state index in [4.69, 9.17) is 14.2 Å². The second-order valence-corrected chi connectivity index (χ2v) is 9.90. The van der Waals surface area contributed by atoms with Crippen LogP contribution in [0.25, 0.3) is 0 Å². The first kappa shape index (κ1) is 28.1. The molecule has 0 bridgehead atoms. The van der Waals surface area contributed by atoms with Crippen LogP contribution in [-0.4, -0.2) is 36.0 Å². The Balaban J connectivity index is 1.82. The number of carbonyl (C=O) groups is 1. The summed E-state index contributed by atoms with van der Waals surface area (Å²) in [5.74, 6) is 0.772. The minimum absolute atomic E-state index is 0.0527. The fourth-order valence-corrected chi connectivity index (χ4v) is 4.47. The second kappa shape index (κ2) is 12.6. The summed E-state index contributed by atoms with van der Waals surface area (Å²) in [6, 6.07) is 21.5. The molecule has 2 unspecified atom stereocenters. The monoisotopic (exact) mass is 506 g/mol. The van der Waals surface area contributed by atoms with E-state index >= 15 is 0 Å². The highest BCUT2D eigenvalue weighted by Gasteiger charge is 2.29. The molecule has 3 aromatic rings. The summed E-state index contributed by atoms with van der Waals surface area (Å²) in [6.07, 6.45) is 2.61. The fourth-order valence-electron chi connectivity index (χ4n) is 4.47. The van der Waals surface area contributed by atoms with Gasteiger partial charge in [0.25, 0.3) is 0 Å². The lowest BCUT2D eigenvalue weighted by atomic mass is 9.85. The molecule has 0 aliphatic carbocycles. The van der Waals surface area contributed by atoms with Crippen molar-refractivity contribution in [3.63, 3.8) is 0 Å². The molecule has 6 nitrogen and oxygen atoms in total. The summed E-state index contributed by atoms with van der Waals surface area (Å²) >= 11 is 0. The maximum absolute atomic E-state index is 11.5. The summed E-state index contributed by atoms with van der Waals surface area (Å²) in [5.41, 5.74) is 2.64. The Morgan fingerprint density at radius 2 is 1.51 bits per heavy atom. The number of benzene rings is 3. The number of aliphatic hydroxyl groups is 1. The summed E-state index contributed by atoms with van der Waals surface area (Å²) < 4.78 is 16.7. The Morgan fingerprint density at radius 1 is 0.919 bits per heavy atom. The van der Waals surface area contributed by atoms with Crippen molar-refractivity contribution < 1.29 is 29.2 Å². The van der Waals surface area contributed by atoms with E-state index in [9.17, 15) is 15.0 Å². The van der Waals surface area contributed by atoms with E-state index in [1.54, 1.807) is 26.4 Å². The molecule has 6 heteroatoms. The number of aliphatic carboxylic acids is 1. The molecular weight excluding hydrogens is 468 g/mol. The first-order valence-electron chi connectivity index (χ1n) is 12.6. The fraction of sp³-hybridized carbons (Fsp3) is 0.387. The molecule has 2 atom stereocenters. The van der Waals surface area contributed by atoms with Crippen LogP contribution >= 0.6 is 0 Å². The van der Waals surface area contributed by atoms with Crippen molar-refractivity contribution >= 4 is 5.97 Å². The van der Waals surface area contributed by atoms with Crippen LogP contribution in [0, 0.1) is 12.8 Å². The highest BCUT2D eigenvalue weighted by atomic mass is 16.5. The number of aliphatic hydroxyl groups excluding tert-OH is 1. The zero-order chi connectivity index (χ0) is 27.0. The maximum Gasteiger partial charge on any atom is 0.347 e. The van der Waals surface area contributed by atoms with Crippen LogP contribution in [0.5, 0.6) is 17.2 Å². The van der Waals surface area contributed by atoms with Gasteiger partial charge in [-0.3, -0.25) is 0 Å². The average Bonchev–Trinajstić information content (AvgIpc) is 2.89. The third-order valence-electron chi connectivity index (χ3n) is 6.76. The summed E-state index contributed by atoms with van der Waals surface area (Å²) in [7, 11) is 3.23. The van der Waals surface area contributed by atoms with Crippen LogP contribution in [0.4, 0.5) is 0 Å². The van der Waals surface area contributed by atoms with Crippen molar-refractivity contribution in [2.24, 2.45) is 5.92 Å². The van der Waals surface area contributed by atoms with Gasteiger partial charge in [0.05, 0.1) is 20.3 Å². The van der Waals surface area contributed by atoms with Gasteiger partial charge in [0.2, 0.25) is 0 Å². The van der Waals surface area contributed by atoms with Gasteiger partial charge < -0.3 is 24.4 Å². The highest BCUT2D eigenvalue weighted by molar-refractivity contribution is 5.76. The molecule has 198 valence electrons. The Morgan fingerprint density at radius 3 is 2.05 bits per heavy atom. The molecule has 0 heterocycles. The van der Waals surface area contributed by atoms with E-state index in [2.05, 4.69) is 12.1 Å². The third kappa shape index (κ3) is 7.49. The van der Waals surface area contributed by atoms with Gasteiger partial charge >= 0.3 is 5.97 Å². The molecule has 0 aliphatic rings. The van der Waals surface area contributed by atoms with Crippen LogP contribution in [0.3, 0.4) is 0 Å². The molecule has 0 saturated heterocycles. The van der Waals surface area contributed by atoms with Crippen molar-refractivity contribution in [3.8, 4) is 17.2 Å². The number of hydrogen-bond acceptors (Lipinski definition) is 5. The Labute approximate surface area is 219 Å². The quantitative estimate of drug-likeness (QED) is 0.288. The lowest BCUT2D eigenvalue weighted by Crippen LogP contribution is -2.37. The second-order valence-electron chi connectivity index (χ2n) is 9.90. The molecule has 0 amide bonds. The number of aryl methyl sites for hydroxylation is 1. The Hall–Kier alpha value is -3.51. The number of carboxylic acids is 1. The summed E-state index contributed by atoms with van der Waals surface area (Å²) in [6.45, 7) is 4.97. The van der Waals surface area contributed by atoms with Crippen molar-refractivity contribution in [1.82, 2.24) is 0 Å². The highest BCUT2D eigenvalue weighted by Crippen LogP contribution is 2.37. The van der Waals surface area contributed by atoms with Crippen LogP contribution in [0.2, 0.25) is 0 Å². The van der Waals surface area contributed by atoms with Crippen molar-refractivity contribution in [2.75, 3.05) is 14.2 Å². The van der Waals surface area contributed by atoms with Gasteiger partial charge in [0.15, 0.2) is 5.60 Å². The number of carboxylic acid groups (broad SMARTS) is 1. The van der Waals surface area contributed by atoms with Gasteiger partial charge in [-0.15, -0.1) is 0 Å². The summed E-state index contributed by atoms with van der Waals surface area (Å²) in [4.78, 5) is 11.4. The Kier molecular flexibility index (Phi) is 9.59. The molecule has 3 rings (SSSR count). The van der Waals surface area contributed by atoms with Gasteiger partial charge in [-0.1, -0.05) is 42.5 Å². The number of hydrogen-bond donors (Lipinski definition) is 2.